The van der Waals surface area contributed by atoms with E-state index in [2.05, 4.69) is 20.3 Å². The molecule has 0 unspecified atom stereocenters. The maximum Gasteiger partial charge on any atom is 0.253 e. The Morgan fingerprint density at radius 3 is 2.74 bits per heavy atom. The lowest BCUT2D eigenvalue weighted by atomic mass is 10.1. The number of hydrogen-bond acceptors (Lipinski definition) is 5. The number of anilines is 2. The van der Waals surface area contributed by atoms with Crippen molar-refractivity contribution in [1.29, 1.82) is 0 Å². The van der Waals surface area contributed by atoms with Gasteiger partial charge >= 0.3 is 0 Å². The van der Waals surface area contributed by atoms with Crippen molar-refractivity contribution in [3.05, 3.63) is 77.7 Å². The van der Waals surface area contributed by atoms with Crippen LogP contribution in [0.2, 0.25) is 0 Å². The van der Waals surface area contributed by atoms with Crippen molar-refractivity contribution in [3.8, 4) is 0 Å². The van der Waals surface area contributed by atoms with Crippen molar-refractivity contribution >= 4 is 17.7 Å². The normalized spacial score (nSPS) is 16.3. The predicted molar refractivity (Wildman–Crippen MR) is 104 cm³/mol. The molecule has 1 N–H and O–H groups in total. The van der Waals surface area contributed by atoms with Gasteiger partial charge < -0.3 is 10.2 Å². The van der Waals surface area contributed by atoms with Crippen molar-refractivity contribution in [1.82, 2.24) is 19.9 Å². The highest BCUT2D eigenvalue weighted by Gasteiger charge is 2.29. The van der Waals surface area contributed by atoms with E-state index in [0.29, 0.717) is 18.3 Å². The number of hydrogen-bond donors (Lipinski definition) is 1. The van der Waals surface area contributed by atoms with Gasteiger partial charge in [0.05, 0.1) is 5.69 Å². The lowest BCUT2D eigenvalue weighted by molar-refractivity contribution is 0.0790. The van der Waals surface area contributed by atoms with Crippen LogP contribution in [0.1, 0.15) is 34.0 Å². The number of rotatable bonds is 4. The van der Waals surface area contributed by atoms with Crippen LogP contribution in [0.4, 0.5) is 11.8 Å². The largest absolute Gasteiger partial charge is 0.338 e. The fraction of sp³-hybridized carbons (Fsp3) is 0.238. The third-order valence-electron chi connectivity index (χ3n) is 4.74. The zero-order valence-electron chi connectivity index (χ0n) is 15.2. The van der Waals surface area contributed by atoms with Crippen LogP contribution >= 0.6 is 0 Å². The molecule has 0 aliphatic carbocycles. The minimum atomic E-state index is 0.0781. The molecular formula is C21H21N5O. The number of nitrogens with one attached hydrogen (secondary N) is 1. The number of pyridine rings is 1. The summed E-state index contributed by atoms with van der Waals surface area (Å²) in [5, 5.41) is 3.14. The molecule has 136 valence electrons. The molecule has 3 aromatic rings. The molecule has 1 aliphatic rings. The lowest BCUT2D eigenvalue weighted by Crippen LogP contribution is -2.28. The zero-order valence-corrected chi connectivity index (χ0v) is 15.2. The molecular weight excluding hydrogens is 338 g/mol. The molecule has 3 heterocycles. The minimum absolute atomic E-state index is 0.0781. The molecule has 1 atom stereocenters. The molecule has 0 saturated carbocycles. The van der Waals surface area contributed by atoms with Crippen molar-refractivity contribution < 1.29 is 4.79 Å². The summed E-state index contributed by atoms with van der Waals surface area (Å²) in [6.07, 6.45) is 4.45. The summed E-state index contributed by atoms with van der Waals surface area (Å²) in [5.41, 5.74) is 2.78. The summed E-state index contributed by atoms with van der Waals surface area (Å²) in [6, 6.07) is 15.2. The van der Waals surface area contributed by atoms with Gasteiger partial charge in [0.2, 0.25) is 5.95 Å². The Morgan fingerprint density at radius 1 is 1.11 bits per heavy atom. The van der Waals surface area contributed by atoms with E-state index in [9.17, 15) is 4.79 Å². The first kappa shape index (κ1) is 17.1. The fourth-order valence-electron chi connectivity index (χ4n) is 3.27. The van der Waals surface area contributed by atoms with Crippen molar-refractivity contribution in [2.45, 2.75) is 19.3 Å². The quantitative estimate of drug-likeness (QED) is 0.771. The maximum atomic E-state index is 12.6. The molecule has 6 nitrogen and oxygen atoms in total. The Morgan fingerprint density at radius 2 is 1.96 bits per heavy atom. The van der Waals surface area contributed by atoms with Gasteiger partial charge in [0.25, 0.3) is 5.91 Å². The van der Waals surface area contributed by atoms with Crippen LogP contribution < -0.4 is 5.32 Å². The first-order valence-electron chi connectivity index (χ1n) is 9.06. The second-order valence-corrected chi connectivity index (χ2v) is 6.75. The number of nitrogens with zero attached hydrogens (tertiary/aromatic N) is 4. The van der Waals surface area contributed by atoms with Crippen LogP contribution in [0.15, 0.2) is 60.9 Å². The highest BCUT2D eigenvalue weighted by molar-refractivity contribution is 5.94. The van der Waals surface area contributed by atoms with E-state index in [4.69, 9.17) is 0 Å². The molecule has 0 bridgehead atoms. The van der Waals surface area contributed by atoms with Crippen molar-refractivity contribution in [3.63, 3.8) is 0 Å². The lowest BCUT2D eigenvalue weighted by Gasteiger charge is -2.16. The van der Waals surface area contributed by atoms with Gasteiger partial charge in [-0.15, -0.1) is 0 Å². The molecule has 1 aromatic carbocycles. The van der Waals surface area contributed by atoms with Crippen LogP contribution in [0.25, 0.3) is 0 Å². The van der Waals surface area contributed by atoms with E-state index < -0.39 is 0 Å². The summed E-state index contributed by atoms with van der Waals surface area (Å²) in [5.74, 6) is 1.53. The predicted octanol–water partition coefficient (Wildman–Crippen LogP) is 3.55. The second-order valence-electron chi connectivity index (χ2n) is 6.75. The molecule has 6 heteroatoms. The van der Waals surface area contributed by atoms with Crippen LogP contribution in [0.5, 0.6) is 0 Å². The molecule has 0 spiro atoms. The van der Waals surface area contributed by atoms with Crippen LogP contribution in [0, 0.1) is 6.92 Å². The third-order valence-corrected chi connectivity index (χ3v) is 4.74. The van der Waals surface area contributed by atoms with Crippen molar-refractivity contribution in [2.75, 3.05) is 18.4 Å². The number of carbonyl (C=O) groups excluding carboxylic acids is 1. The molecule has 2 aromatic heterocycles. The van der Waals surface area contributed by atoms with E-state index in [1.54, 1.807) is 12.4 Å². The SMILES string of the molecule is Cc1ccc(Nc2nccc([C@H]3CCN(C(=O)c4ccccc4)C3)n2)nc1. The summed E-state index contributed by atoms with van der Waals surface area (Å²) < 4.78 is 0. The average molecular weight is 359 g/mol. The minimum Gasteiger partial charge on any atom is -0.338 e. The number of aromatic nitrogens is 3. The Kier molecular flexibility index (Phi) is 4.78. The Bertz CT molecular complexity index is 927. The topological polar surface area (TPSA) is 71.0 Å². The van der Waals surface area contributed by atoms with Gasteiger partial charge in [-0.3, -0.25) is 4.79 Å². The first-order valence-corrected chi connectivity index (χ1v) is 9.06. The number of likely N-dealkylation sites (tertiary alicyclic amines) is 1. The molecule has 27 heavy (non-hydrogen) atoms. The van der Waals surface area contributed by atoms with E-state index >= 15 is 0 Å². The number of carbonyl (C=O) groups is 1. The summed E-state index contributed by atoms with van der Waals surface area (Å²) >= 11 is 0. The summed E-state index contributed by atoms with van der Waals surface area (Å²) in [6.45, 7) is 3.41. The molecule has 0 radical (unpaired) electrons. The van der Waals surface area contributed by atoms with E-state index in [-0.39, 0.29) is 11.8 Å². The van der Waals surface area contributed by atoms with Gasteiger partial charge in [0.15, 0.2) is 0 Å². The van der Waals surface area contributed by atoms with E-state index in [1.807, 2.05) is 60.4 Å². The standard InChI is InChI=1S/C21H21N5O/c1-15-7-8-19(23-13-15)25-21-22-11-9-18(24-21)17-10-12-26(14-17)20(27)16-5-3-2-4-6-16/h2-9,11,13,17H,10,12,14H2,1H3,(H,22,23,24,25)/t17-/m0/s1. The summed E-state index contributed by atoms with van der Waals surface area (Å²) in [4.78, 5) is 27.8. The zero-order chi connectivity index (χ0) is 18.6. The van der Waals surface area contributed by atoms with Crippen LogP contribution in [0.3, 0.4) is 0 Å². The average Bonchev–Trinajstić information content (AvgIpc) is 3.20. The van der Waals surface area contributed by atoms with Crippen LogP contribution in [-0.2, 0) is 0 Å². The highest BCUT2D eigenvalue weighted by atomic mass is 16.2. The van der Waals surface area contributed by atoms with Gasteiger partial charge in [-0.1, -0.05) is 24.3 Å². The maximum absolute atomic E-state index is 12.6. The van der Waals surface area contributed by atoms with Crippen molar-refractivity contribution in [2.24, 2.45) is 0 Å². The molecule has 1 saturated heterocycles. The Labute approximate surface area is 158 Å². The monoisotopic (exact) mass is 359 g/mol. The van der Waals surface area contributed by atoms with Gasteiger partial charge in [0, 0.05) is 37.0 Å². The molecule has 1 aliphatic heterocycles. The molecule has 1 amide bonds. The van der Waals surface area contributed by atoms with Gasteiger partial charge in [-0.05, 0) is 43.2 Å². The van der Waals surface area contributed by atoms with Gasteiger partial charge in [-0.2, -0.15) is 0 Å². The Balaban J connectivity index is 1.45. The highest BCUT2D eigenvalue weighted by Crippen LogP contribution is 2.27. The number of amides is 1. The molecule has 1 fully saturated rings. The van der Waals surface area contributed by atoms with Gasteiger partial charge in [0.1, 0.15) is 5.82 Å². The summed E-state index contributed by atoms with van der Waals surface area (Å²) in [7, 11) is 0. The fourth-order valence-corrected chi connectivity index (χ4v) is 3.27. The second kappa shape index (κ2) is 7.53. The molecule has 4 rings (SSSR count). The Hall–Kier alpha value is -3.28. The third kappa shape index (κ3) is 3.95. The van der Waals surface area contributed by atoms with E-state index in [0.717, 1.165) is 29.8 Å². The van der Waals surface area contributed by atoms with Crippen LogP contribution in [-0.4, -0.2) is 38.8 Å². The first-order chi connectivity index (χ1) is 13.2. The number of benzene rings is 1. The van der Waals surface area contributed by atoms with Gasteiger partial charge in [-0.25, -0.2) is 15.0 Å². The number of aryl methyl sites for hydroxylation is 1. The smallest absolute Gasteiger partial charge is 0.253 e. The van der Waals surface area contributed by atoms with E-state index in [1.165, 1.54) is 0 Å².